The molecule has 12 nitrogen and oxygen atoms in total. The Kier molecular flexibility index (Phi) is 4.57. The van der Waals surface area contributed by atoms with Gasteiger partial charge in [-0.3, -0.25) is 14.3 Å². The van der Waals surface area contributed by atoms with Gasteiger partial charge >= 0.3 is 6.09 Å². The van der Waals surface area contributed by atoms with Crippen LogP contribution in [0.2, 0.25) is 0 Å². The van der Waals surface area contributed by atoms with Crippen LogP contribution in [-0.2, 0) is 9.47 Å². The van der Waals surface area contributed by atoms with Crippen LogP contribution in [0.4, 0.5) is 10.7 Å². The van der Waals surface area contributed by atoms with Crippen molar-refractivity contribution >= 4 is 23.2 Å². The molecule has 0 aromatic carbocycles. The number of aromatic nitrogens is 4. The van der Waals surface area contributed by atoms with Gasteiger partial charge in [0.2, 0.25) is 5.95 Å². The standard InChI is InChI=1S/C13H18N6O6/c1-15-13(23)24-3-5-6(2-20)25-11(8(5)21)19-4-16-7-9(19)17-12(14)18-10(7)22/h4-6,8,11,20-21H,2-3H2,1H3,(H,15,23)(H3,14,17,18,22)/t5-,6-,8-,11-/m1/s1. The number of carbonyl (C=O) groups excluding carboxylic acids is 1. The third-order valence-electron chi connectivity index (χ3n) is 4.04. The monoisotopic (exact) mass is 354 g/mol. The van der Waals surface area contributed by atoms with Gasteiger partial charge in [-0.05, 0) is 0 Å². The molecule has 12 heteroatoms. The van der Waals surface area contributed by atoms with Gasteiger partial charge in [-0.15, -0.1) is 0 Å². The first-order chi connectivity index (χ1) is 12.0. The van der Waals surface area contributed by atoms with Crippen molar-refractivity contribution in [3.63, 3.8) is 0 Å². The number of aliphatic hydroxyl groups is 2. The van der Waals surface area contributed by atoms with Gasteiger partial charge < -0.3 is 30.7 Å². The zero-order chi connectivity index (χ0) is 18.1. The molecular formula is C13H18N6O6. The lowest BCUT2D eigenvalue weighted by Gasteiger charge is -2.19. The number of nitrogen functional groups attached to an aromatic ring is 1. The molecule has 6 N–H and O–H groups in total. The van der Waals surface area contributed by atoms with E-state index >= 15 is 0 Å². The van der Waals surface area contributed by atoms with Crippen molar-refractivity contribution in [2.45, 2.75) is 18.4 Å². The first-order valence-electron chi connectivity index (χ1n) is 7.47. The summed E-state index contributed by atoms with van der Waals surface area (Å²) in [6, 6.07) is 0. The number of aliphatic hydroxyl groups excluding tert-OH is 2. The fourth-order valence-electron chi connectivity index (χ4n) is 2.78. The van der Waals surface area contributed by atoms with E-state index in [0.717, 1.165) is 0 Å². The van der Waals surface area contributed by atoms with Crippen LogP contribution in [0.25, 0.3) is 11.2 Å². The van der Waals surface area contributed by atoms with Gasteiger partial charge in [0.25, 0.3) is 5.56 Å². The van der Waals surface area contributed by atoms with Crippen LogP contribution < -0.4 is 16.6 Å². The van der Waals surface area contributed by atoms with Crippen LogP contribution >= 0.6 is 0 Å². The van der Waals surface area contributed by atoms with E-state index in [1.165, 1.54) is 17.9 Å². The van der Waals surface area contributed by atoms with Crippen LogP contribution in [0.3, 0.4) is 0 Å². The predicted octanol–water partition coefficient (Wildman–Crippen LogP) is -2.08. The minimum atomic E-state index is -1.14. The van der Waals surface area contributed by atoms with Crippen molar-refractivity contribution in [2.75, 3.05) is 26.0 Å². The summed E-state index contributed by atoms with van der Waals surface area (Å²) >= 11 is 0. The highest BCUT2D eigenvalue weighted by molar-refractivity contribution is 5.70. The number of nitrogens with one attached hydrogen (secondary N) is 2. The molecule has 25 heavy (non-hydrogen) atoms. The summed E-state index contributed by atoms with van der Waals surface area (Å²) in [7, 11) is 1.40. The number of imidazole rings is 1. The summed E-state index contributed by atoms with van der Waals surface area (Å²) in [6.45, 7) is -0.552. The number of rotatable bonds is 4. The number of amides is 1. The number of fused-ring (bicyclic) bond motifs is 1. The second-order valence-electron chi connectivity index (χ2n) is 5.53. The molecule has 1 saturated heterocycles. The van der Waals surface area contributed by atoms with Crippen LogP contribution in [0, 0.1) is 5.92 Å². The lowest BCUT2D eigenvalue weighted by molar-refractivity contribution is -0.0497. The highest BCUT2D eigenvalue weighted by Gasteiger charge is 2.45. The molecular weight excluding hydrogens is 336 g/mol. The molecule has 0 unspecified atom stereocenters. The maximum absolute atomic E-state index is 11.8. The predicted molar refractivity (Wildman–Crippen MR) is 83.5 cm³/mol. The van der Waals surface area contributed by atoms with Crippen LogP contribution in [-0.4, -0.2) is 68.3 Å². The van der Waals surface area contributed by atoms with Gasteiger partial charge in [-0.25, -0.2) is 9.78 Å². The third-order valence-corrected chi connectivity index (χ3v) is 4.04. The highest BCUT2D eigenvalue weighted by atomic mass is 16.6. The number of hydrogen-bond donors (Lipinski definition) is 5. The second kappa shape index (κ2) is 6.66. The van der Waals surface area contributed by atoms with Gasteiger partial charge in [-0.1, -0.05) is 0 Å². The summed E-state index contributed by atoms with van der Waals surface area (Å²) in [4.78, 5) is 33.4. The molecule has 2 aromatic heterocycles. The van der Waals surface area contributed by atoms with E-state index in [0.29, 0.717) is 0 Å². The van der Waals surface area contributed by atoms with Gasteiger partial charge in [0, 0.05) is 7.05 Å². The molecule has 136 valence electrons. The van der Waals surface area contributed by atoms with E-state index in [-0.39, 0.29) is 23.7 Å². The number of nitrogens with zero attached hydrogens (tertiary/aromatic N) is 3. The molecule has 3 heterocycles. The van der Waals surface area contributed by atoms with Crippen molar-refractivity contribution in [3.8, 4) is 0 Å². The quantitative estimate of drug-likeness (QED) is 0.412. The molecule has 1 fully saturated rings. The van der Waals surface area contributed by atoms with E-state index in [1.807, 2.05) is 0 Å². The molecule has 2 aromatic rings. The SMILES string of the molecule is CNC(=O)OC[C@H]1[C@@H](O)[C@H](n2cnc3c(=O)[nH]c(N)nc32)O[C@@H]1CO. The maximum Gasteiger partial charge on any atom is 0.406 e. The van der Waals surface area contributed by atoms with Gasteiger partial charge in [-0.2, -0.15) is 4.98 Å². The van der Waals surface area contributed by atoms with Crippen molar-refractivity contribution in [1.82, 2.24) is 24.8 Å². The first-order valence-corrected chi connectivity index (χ1v) is 7.47. The Balaban J connectivity index is 1.90. The molecule has 0 spiro atoms. The highest BCUT2D eigenvalue weighted by Crippen LogP contribution is 2.35. The maximum atomic E-state index is 11.8. The van der Waals surface area contributed by atoms with Crippen LogP contribution in [0.15, 0.2) is 11.1 Å². The Hall–Kier alpha value is -2.70. The summed E-state index contributed by atoms with van der Waals surface area (Å²) in [6.07, 6.45) is -2.27. The average Bonchev–Trinajstić information content (AvgIpc) is 3.13. The lowest BCUT2D eigenvalue weighted by Crippen LogP contribution is -2.34. The second-order valence-corrected chi connectivity index (χ2v) is 5.53. The third kappa shape index (κ3) is 3.01. The average molecular weight is 354 g/mol. The lowest BCUT2D eigenvalue weighted by atomic mass is 9.99. The Bertz CT molecular complexity index is 834. The molecule has 0 saturated carbocycles. The van der Waals surface area contributed by atoms with Crippen LogP contribution in [0.1, 0.15) is 6.23 Å². The topological polar surface area (TPSA) is 178 Å². The zero-order valence-electron chi connectivity index (χ0n) is 13.2. The first kappa shape index (κ1) is 17.1. The fourth-order valence-corrected chi connectivity index (χ4v) is 2.78. The molecule has 0 aliphatic carbocycles. The number of ether oxygens (including phenoxy) is 2. The Morgan fingerprint density at radius 3 is 3.04 bits per heavy atom. The number of nitrogens with two attached hydrogens (primary N) is 1. The van der Waals surface area contributed by atoms with E-state index < -0.39 is 42.6 Å². The van der Waals surface area contributed by atoms with E-state index in [1.54, 1.807) is 0 Å². The fraction of sp³-hybridized carbons (Fsp3) is 0.538. The number of carbonyl (C=O) groups is 1. The van der Waals surface area contributed by atoms with E-state index in [2.05, 4.69) is 20.3 Å². The Morgan fingerprint density at radius 1 is 1.60 bits per heavy atom. The number of H-pyrrole nitrogens is 1. The largest absolute Gasteiger partial charge is 0.449 e. The Labute approximate surface area is 140 Å². The number of anilines is 1. The van der Waals surface area contributed by atoms with E-state index in [9.17, 15) is 19.8 Å². The number of hydrogen-bond acceptors (Lipinski definition) is 9. The Morgan fingerprint density at radius 2 is 2.36 bits per heavy atom. The molecule has 1 amide bonds. The van der Waals surface area contributed by atoms with Crippen molar-refractivity contribution in [2.24, 2.45) is 5.92 Å². The molecule has 0 bridgehead atoms. The molecule has 3 rings (SSSR count). The van der Waals surface area contributed by atoms with Gasteiger partial charge in [0.15, 0.2) is 17.4 Å². The summed E-state index contributed by atoms with van der Waals surface area (Å²) in [5.74, 6) is -0.783. The van der Waals surface area contributed by atoms with Crippen LogP contribution in [0.5, 0.6) is 0 Å². The summed E-state index contributed by atoms with van der Waals surface area (Å²) in [5.41, 5.74) is 5.20. The zero-order valence-corrected chi connectivity index (χ0v) is 13.2. The van der Waals surface area contributed by atoms with Crippen molar-refractivity contribution in [1.29, 1.82) is 0 Å². The van der Waals surface area contributed by atoms with Crippen molar-refractivity contribution < 1.29 is 24.5 Å². The molecule has 0 radical (unpaired) electrons. The minimum Gasteiger partial charge on any atom is -0.449 e. The van der Waals surface area contributed by atoms with E-state index in [4.69, 9.17) is 15.2 Å². The minimum absolute atomic E-state index is 0.0376. The van der Waals surface area contributed by atoms with Gasteiger partial charge in [0.05, 0.1) is 25.0 Å². The normalized spacial score (nSPS) is 26.0. The summed E-state index contributed by atoms with van der Waals surface area (Å²) < 4.78 is 12.0. The molecule has 4 atom stereocenters. The molecule has 1 aliphatic rings. The summed E-state index contributed by atoms with van der Waals surface area (Å²) in [5, 5.41) is 22.3. The van der Waals surface area contributed by atoms with Crippen molar-refractivity contribution in [3.05, 3.63) is 16.7 Å². The number of alkyl carbamates (subject to hydrolysis) is 1. The van der Waals surface area contributed by atoms with Gasteiger partial charge in [0.1, 0.15) is 12.7 Å². The molecule has 1 aliphatic heterocycles. The smallest absolute Gasteiger partial charge is 0.406 e. The number of aromatic amines is 1.